The SMILES string of the molecule is CC(C)(NC(=O)c1cccc(Cl)c1)c1noc(C2CCC(=O)NC2)n1. The zero-order chi connectivity index (χ0) is 18.0. The lowest BCUT2D eigenvalue weighted by molar-refractivity contribution is -0.122. The van der Waals surface area contributed by atoms with Crippen molar-refractivity contribution in [2.75, 3.05) is 6.54 Å². The highest BCUT2D eigenvalue weighted by molar-refractivity contribution is 6.30. The van der Waals surface area contributed by atoms with Gasteiger partial charge in [-0.25, -0.2) is 0 Å². The lowest BCUT2D eigenvalue weighted by Crippen LogP contribution is -2.42. The largest absolute Gasteiger partial charge is 0.355 e. The Morgan fingerprint density at radius 1 is 1.44 bits per heavy atom. The minimum absolute atomic E-state index is 0.00150. The normalized spacial score (nSPS) is 17.9. The standard InChI is InChI=1S/C17H19ClN4O3/c1-17(2,21-14(24)10-4-3-5-12(18)8-10)16-20-15(25-22-16)11-6-7-13(23)19-9-11/h3-5,8,11H,6-7,9H2,1-2H3,(H,19,23)(H,21,24). The Balaban J connectivity index is 1.72. The molecule has 25 heavy (non-hydrogen) atoms. The Morgan fingerprint density at radius 2 is 2.24 bits per heavy atom. The van der Waals surface area contributed by atoms with Crippen molar-refractivity contribution in [3.63, 3.8) is 0 Å². The van der Waals surface area contributed by atoms with Crippen molar-refractivity contribution in [3.8, 4) is 0 Å². The van der Waals surface area contributed by atoms with E-state index >= 15 is 0 Å². The third-order valence-electron chi connectivity index (χ3n) is 4.13. The van der Waals surface area contributed by atoms with Gasteiger partial charge in [-0.15, -0.1) is 0 Å². The summed E-state index contributed by atoms with van der Waals surface area (Å²) in [5.41, 5.74) is -0.363. The van der Waals surface area contributed by atoms with E-state index in [0.717, 1.165) is 0 Å². The second kappa shape index (κ2) is 6.84. The number of piperidine rings is 1. The van der Waals surface area contributed by atoms with Gasteiger partial charge in [-0.3, -0.25) is 9.59 Å². The van der Waals surface area contributed by atoms with E-state index in [1.165, 1.54) is 0 Å². The topological polar surface area (TPSA) is 97.1 Å². The van der Waals surface area contributed by atoms with Gasteiger partial charge >= 0.3 is 0 Å². The van der Waals surface area contributed by atoms with E-state index in [1.807, 2.05) is 0 Å². The van der Waals surface area contributed by atoms with Gasteiger partial charge in [0.25, 0.3) is 5.91 Å². The number of carbonyl (C=O) groups is 2. The summed E-state index contributed by atoms with van der Waals surface area (Å²) in [6, 6.07) is 6.70. The quantitative estimate of drug-likeness (QED) is 0.870. The summed E-state index contributed by atoms with van der Waals surface area (Å²) >= 11 is 5.93. The second-order valence-electron chi connectivity index (χ2n) is 6.59. The van der Waals surface area contributed by atoms with Crippen LogP contribution in [0.5, 0.6) is 0 Å². The lowest BCUT2D eigenvalue weighted by atomic mass is 9.99. The molecule has 1 fully saturated rings. The number of aromatic nitrogens is 2. The summed E-state index contributed by atoms with van der Waals surface area (Å²) < 4.78 is 5.35. The monoisotopic (exact) mass is 362 g/mol. The van der Waals surface area contributed by atoms with Gasteiger partial charge in [0.05, 0.1) is 11.5 Å². The highest BCUT2D eigenvalue weighted by Crippen LogP contribution is 2.25. The predicted octanol–water partition coefficient (Wildman–Crippen LogP) is 2.38. The molecule has 2 aromatic rings. The summed E-state index contributed by atoms with van der Waals surface area (Å²) in [6.07, 6.45) is 1.11. The maximum Gasteiger partial charge on any atom is 0.252 e. The molecule has 3 rings (SSSR count). The molecule has 0 saturated carbocycles. The van der Waals surface area contributed by atoms with Crippen molar-refractivity contribution in [2.24, 2.45) is 0 Å². The van der Waals surface area contributed by atoms with Crippen LogP contribution in [0.4, 0.5) is 0 Å². The zero-order valence-corrected chi connectivity index (χ0v) is 14.8. The van der Waals surface area contributed by atoms with Crippen molar-refractivity contribution in [1.82, 2.24) is 20.8 Å². The average Bonchev–Trinajstić information content (AvgIpc) is 3.06. The van der Waals surface area contributed by atoms with Crippen LogP contribution in [0.15, 0.2) is 28.8 Å². The Morgan fingerprint density at radius 3 is 2.92 bits per heavy atom. The third kappa shape index (κ3) is 3.99. The van der Waals surface area contributed by atoms with Crippen LogP contribution in [0.2, 0.25) is 5.02 Å². The molecule has 1 atom stereocenters. The first-order valence-electron chi connectivity index (χ1n) is 8.04. The maximum atomic E-state index is 12.4. The molecule has 1 unspecified atom stereocenters. The molecule has 1 aliphatic heterocycles. The number of nitrogens with zero attached hydrogens (tertiary/aromatic N) is 2. The van der Waals surface area contributed by atoms with Crippen LogP contribution in [0.3, 0.4) is 0 Å². The molecule has 0 bridgehead atoms. The van der Waals surface area contributed by atoms with Gasteiger partial charge in [-0.05, 0) is 38.5 Å². The molecule has 1 aromatic heterocycles. The first-order chi connectivity index (χ1) is 11.8. The van der Waals surface area contributed by atoms with E-state index in [9.17, 15) is 9.59 Å². The third-order valence-corrected chi connectivity index (χ3v) is 4.36. The highest BCUT2D eigenvalue weighted by Gasteiger charge is 2.31. The van der Waals surface area contributed by atoms with Crippen molar-refractivity contribution in [1.29, 1.82) is 0 Å². The number of nitrogens with one attached hydrogen (secondary N) is 2. The maximum absolute atomic E-state index is 12.4. The molecule has 2 amide bonds. The van der Waals surface area contributed by atoms with E-state index in [1.54, 1.807) is 38.1 Å². The highest BCUT2D eigenvalue weighted by atomic mass is 35.5. The number of halogens is 1. The predicted molar refractivity (Wildman–Crippen MR) is 91.2 cm³/mol. The van der Waals surface area contributed by atoms with E-state index < -0.39 is 5.54 Å². The fraction of sp³-hybridized carbons (Fsp3) is 0.412. The van der Waals surface area contributed by atoms with Crippen molar-refractivity contribution < 1.29 is 14.1 Å². The van der Waals surface area contributed by atoms with Crippen LogP contribution >= 0.6 is 11.6 Å². The Labute approximate surface area is 150 Å². The van der Waals surface area contributed by atoms with Crippen molar-refractivity contribution in [3.05, 3.63) is 46.6 Å². The summed E-state index contributed by atoms with van der Waals surface area (Å²) in [7, 11) is 0. The molecule has 7 nitrogen and oxygen atoms in total. The van der Waals surface area contributed by atoms with Crippen LogP contribution in [-0.2, 0) is 10.3 Å². The molecule has 0 spiro atoms. The van der Waals surface area contributed by atoms with Crippen LogP contribution in [0, 0.1) is 0 Å². The first-order valence-corrected chi connectivity index (χ1v) is 8.42. The minimum Gasteiger partial charge on any atom is -0.355 e. The molecule has 1 saturated heterocycles. The molecular weight excluding hydrogens is 344 g/mol. The number of hydrogen-bond acceptors (Lipinski definition) is 5. The van der Waals surface area contributed by atoms with Crippen LogP contribution < -0.4 is 10.6 Å². The van der Waals surface area contributed by atoms with Crippen LogP contribution in [0.1, 0.15) is 54.7 Å². The molecule has 0 aliphatic carbocycles. The summed E-state index contributed by atoms with van der Waals surface area (Å²) in [4.78, 5) is 28.1. The average molecular weight is 363 g/mol. The van der Waals surface area contributed by atoms with E-state index in [4.69, 9.17) is 16.1 Å². The molecule has 132 valence electrons. The van der Waals surface area contributed by atoms with Gasteiger partial charge in [0.1, 0.15) is 0 Å². The van der Waals surface area contributed by atoms with Crippen LogP contribution in [-0.4, -0.2) is 28.5 Å². The number of rotatable bonds is 4. The minimum atomic E-state index is -0.820. The van der Waals surface area contributed by atoms with Crippen LogP contribution in [0.25, 0.3) is 0 Å². The Hall–Kier alpha value is -2.41. The fourth-order valence-corrected chi connectivity index (χ4v) is 2.83. The molecule has 8 heteroatoms. The summed E-state index contributed by atoms with van der Waals surface area (Å²) in [5, 5.41) is 10.2. The molecule has 0 radical (unpaired) electrons. The molecule has 1 aliphatic rings. The van der Waals surface area contributed by atoms with E-state index in [2.05, 4.69) is 20.8 Å². The second-order valence-corrected chi connectivity index (χ2v) is 7.02. The smallest absolute Gasteiger partial charge is 0.252 e. The van der Waals surface area contributed by atoms with Gasteiger partial charge in [0.2, 0.25) is 11.8 Å². The van der Waals surface area contributed by atoms with Gasteiger partial charge in [-0.1, -0.05) is 22.8 Å². The van der Waals surface area contributed by atoms with Gasteiger partial charge in [0, 0.05) is 23.6 Å². The molecule has 2 N–H and O–H groups in total. The van der Waals surface area contributed by atoms with Crippen molar-refractivity contribution >= 4 is 23.4 Å². The molecular formula is C17H19ClN4O3. The van der Waals surface area contributed by atoms with Crippen molar-refractivity contribution in [2.45, 2.75) is 38.1 Å². The fourth-order valence-electron chi connectivity index (χ4n) is 2.64. The number of hydrogen-bond donors (Lipinski definition) is 2. The molecule has 1 aromatic carbocycles. The summed E-state index contributed by atoms with van der Waals surface area (Å²) in [5.74, 6) is 0.613. The molecule has 2 heterocycles. The van der Waals surface area contributed by atoms with Gasteiger partial charge in [0.15, 0.2) is 5.82 Å². The first kappa shape index (κ1) is 17.4. The Kier molecular flexibility index (Phi) is 4.76. The lowest BCUT2D eigenvalue weighted by Gasteiger charge is -2.22. The van der Waals surface area contributed by atoms with Gasteiger partial charge in [-0.2, -0.15) is 4.98 Å². The number of amides is 2. The summed E-state index contributed by atoms with van der Waals surface area (Å²) in [6.45, 7) is 4.08. The number of benzene rings is 1. The van der Waals surface area contributed by atoms with E-state index in [0.29, 0.717) is 41.7 Å². The zero-order valence-electron chi connectivity index (χ0n) is 14.0. The van der Waals surface area contributed by atoms with E-state index in [-0.39, 0.29) is 17.7 Å². The Bertz CT molecular complexity index is 793. The number of carbonyl (C=O) groups excluding carboxylic acids is 2. The van der Waals surface area contributed by atoms with Gasteiger partial charge < -0.3 is 15.2 Å².